The molecule has 1 aliphatic rings. The number of hydrogen-bond acceptors (Lipinski definition) is 11. The number of phosphoric ester groups is 1. The molecule has 358 valence electrons. The molecule has 13 heteroatoms. The SMILES string of the molecule is CCCCC/C=C\C/C=C\C/C=C\C/C=C\C/C=C\CCC(=O)O[C@H](COC(=O)CCC/C=C\C[C@H]1[C@@H](O)CC(=O)[C@@H]1/C=C/[C@@H](O)CCCCC)COP(=O)([O-])OCC[N+](C)(C)C. The van der Waals surface area contributed by atoms with E-state index < -0.39 is 57.2 Å². The van der Waals surface area contributed by atoms with E-state index in [1.807, 2.05) is 45.4 Å². The lowest BCUT2D eigenvalue weighted by Gasteiger charge is -2.28. The molecule has 0 aliphatic heterocycles. The predicted octanol–water partition coefficient (Wildman–Crippen LogP) is 9.53. The molecule has 1 aliphatic carbocycles. The van der Waals surface area contributed by atoms with Gasteiger partial charge in [0.05, 0.1) is 40.0 Å². The van der Waals surface area contributed by atoms with Crippen LogP contribution in [0.1, 0.15) is 136 Å². The molecule has 0 aromatic rings. The van der Waals surface area contributed by atoms with Crippen molar-refractivity contribution in [1.82, 2.24) is 0 Å². The van der Waals surface area contributed by atoms with E-state index in [0.29, 0.717) is 43.1 Å². The first-order chi connectivity index (χ1) is 30.2. The van der Waals surface area contributed by atoms with Crippen molar-refractivity contribution in [3.05, 3.63) is 85.1 Å². The number of unbranched alkanes of at least 4 members (excludes halogenated alkanes) is 6. The Hall–Kier alpha value is -3.22. The molecule has 0 saturated heterocycles. The van der Waals surface area contributed by atoms with Gasteiger partial charge in [-0.1, -0.05) is 131 Å². The van der Waals surface area contributed by atoms with Gasteiger partial charge >= 0.3 is 11.9 Å². The van der Waals surface area contributed by atoms with Gasteiger partial charge in [0.2, 0.25) is 0 Å². The summed E-state index contributed by atoms with van der Waals surface area (Å²) in [7, 11) is 0.960. The number of hydrogen-bond donors (Lipinski definition) is 2. The smallest absolute Gasteiger partial charge is 0.306 e. The molecule has 0 heterocycles. The van der Waals surface area contributed by atoms with Gasteiger partial charge in [0.15, 0.2) is 6.10 Å². The third-order valence-corrected chi connectivity index (χ3v) is 11.2. The van der Waals surface area contributed by atoms with E-state index in [4.69, 9.17) is 18.5 Å². The van der Waals surface area contributed by atoms with Crippen molar-refractivity contribution in [3.63, 3.8) is 0 Å². The van der Waals surface area contributed by atoms with Gasteiger partial charge < -0.3 is 38.1 Å². The van der Waals surface area contributed by atoms with E-state index >= 15 is 0 Å². The number of esters is 2. The number of likely N-dealkylation sites (N-methyl/N-ethyl adjacent to an activating group) is 1. The molecule has 12 nitrogen and oxygen atoms in total. The second-order valence-corrected chi connectivity index (χ2v) is 18.6. The van der Waals surface area contributed by atoms with E-state index in [0.717, 1.165) is 51.4 Å². The third kappa shape index (κ3) is 33.0. The maximum Gasteiger partial charge on any atom is 0.306 e. The van der Waals surface area contributed by atoms with Crippen LogP contribution < -0.4 is 4.89 Å². The molecule has 0 radical (unpaired) electrons. The molecule has 1 unspecified atom stereocenters. The van der Waals surface area contributed by atoms with Crippen LogP contribution in [0.25, 0.3) is 0 Å². The number of Topliss-reactive ketones (excluding diaryl/α,β-unsaturated/α-hetero) is 1. The number of nitrogens with zero attached hydrogens (tertiary/aromatic N) is 1. The fraction of sp³-hybridized carbons (Fsp3) is 0.660. The highest BCUT2D eigenvalue weighted by Crippen LogP contribution is 2.38. The summed E-state index contributed by atoms with van der Waals surface area (Å²) in [4.78, 5) is 50.3. The summed E-state index contributed by atoms with van der Waals surface area (Å²) in [5, 5.41) is 20.8. The highest BCUT2D eigenvalue weighted by Gasteiger charge is 2.39. The maximum atomic E-state index is 12.7. The summed E-state index contributed by atoms with van der Waals surface area (Å²) in [6.45, 7) is 3.68. The zero-order valence-corrected chi connectivity index (χ0v) is 40.1. The van der Waals surface area contributed by atoms with E-state index in [2.05, 4.69) is 62.5 Å². The Kier molecular flexibility index (Phi) is 33.1. The van der Waals surface area contributed by atoms with Gasteiger partial charge in [0.1, 0.15) is 25.5 Å². The van der Waals surface area contributed by atoms with Gasteiger partial charge in [-0.25, -0.2) is 0 Å². The minimum absolute atomic E-state index is 0.0358. The van der Waals surface area contributed by atoms with Crippen LogP contribution in [0, 0.1) is 11.8 Å². The monoisotopic (exact) mass is 904 g/mol. The first kappa shape index (κ1) is 57.8. The van der Waals surface area contributed by atoms with Crippen LogP contribution in [-0.4, -0.2) is 98.2 Å². The van der Waals surface area contributed by atoms with E-state index in [1.54, 1.807) is 12.2 Å². The van der Waals surface area contributed by atoms with Gasteiger partial charge in [-0.3, -0.25) is 18.9 Å². The molecule has 0 aromatic carbocycles. The van der Waals surface area contributed by atoms with Gasteiger partial charge in [0, 0.05) is 31.1 Å². The summed E-state index contributed by atoms with van der Waals surface area (Å²) in [5.74, 6) is -1.90. The first-order valence-corrected chi connectivity index (χ1v) is 24.9. The average Bonchev–Trinajstić information content (AvgIpc) is 3.50. The summed E-state index contributed by atoms with van der Waals surface area (Å²) in [5.41, 5.74) is 0. The molecule has 0 bridgehead atoms. The molecule has 63 heavy (non-hydrogen) atoms. The number of allylic oxidation sites excluding steroid dienone is 13. The van der Waals surface area contributed by atoms with Crippen molar-refractivity contribution in [2.75, 3.05) is 47.5 Å². The van der Waals surface area contributed by atoms with E-state index in [1.165, 1.54) is 19.3 Å². The van der Waals surface area contributed by atoms with Crippen LogP contribution >= 0.6 is 7.82 Å². The highest BCUT2D eigenvalue weighted by atomic mass is 31.2. The molecule has 6 atom stereocenters. The Bertz CT molecular complexity index is 1510. The second-order valence-electron chi connectivity index (χ2n) is 17.2. The number of ether oxygens (including phenoxy) is 2. The van der Waals surface area contributed by atoms with E-state index in [9.17, 15) is 34.1 Å². The Morgan fingerprint density at radius 2 is 1.33 bits per heavy atom. The molecule has 0 amide bonds. The van der Waals surface area contributed by atoms with Crippen LogP contribution in [0.2, 0.25) is 0 Å². The molecule has 1 fully saturated rings. The molecule has 1 rings (SSSR count). The topological polar surface area (TPSA) is 169 Å². The van der Waals surface area contributed by atoms with Gasteiger partial charge in [-0.2, -0.15) is 0 Å². The largest absolute Gasteiger partial charge is 0.756 e. The van der Waals surface area contributed by atoms with Crippen molar-refractivity contribution in [2.24, 2.45) is 11.8 Å². The number of carbonyl (C=O) groups excluding carboxylic acids is 3. The summed E-state index contributed by atoms with van der Waals surface area (Å²) in [6.07, 6.45) is 40.0. The summed E-state index contributed by atoms with van der Waals surface area (Å²) in [6, 6.07) is 0. The summed E-state index contributed by atoms with van der Waals surface area (Å²) < 4.78 is 33.7. The number of aliphatic hydroxyl groups excluding tert-OH is 2. The molecular weight excluding hydrogens is 822 g/mol. The van der Waals surface area contributed by atoms with Crippen molar-refractivity contribution in [3.8, 4) is 0 Å². The fourth-order valence-corrected chi connectivity index (χ4v) is 7.23. The van der Waals surface area contributed by atoms with Crippen LogP contribution in [0.15, 0.2) is 85.1 Å². The zero-order valence-electron chi connectivity index (χ0n) is 39.2. The Balaban J connectivity index is 2.54. The quantitative estimate of drug-likeness (QED) is 0.0200. The van der Waals surface area contributed by atoms with Crippen molar-refractivity contribution in [2.45, 2.75) is 154 Å². The fourth-order valence-electron chi connectivity index (χ4n) is 6.50. The first-order valence-electron chi connectivity index (χ1n) is 23.4. The van der Waals surface area contributed by atoms with Crippen LogP contribution in [0.4, 0.5) is 0 Å². The lowest BCUT2D eigenvalue weighted by Crippen LogP contribution is -2.37. The van der Waals surface area contributed by atoms with Crippen LogP contribution in [-0.2, 0) is 37.5 Å². The predicted molar refractivity (Wildman–Crippen MR) is 250 cm³/mol. The second kappa shape index (κ2) is 36.1. The maximum absolute atomic E-state index is 12.7. The number of phosphoric acid groups is 1. The molecule has 0 spiro atoms. The standard InChI is InChI=1S/C50H82NO11P/c1-6-8-10-11-12-13-14-15-16-17-18-19-20-21-22-23-24-25-31-35-50(56)62-44(42-61-63(57,58)60-39-38-51(3,4)5)41-59-49(55)34-30-27-26-29-33-45-46(48(54)40-47(45)53)37-36-43(52)32-28-9-7-2/h12-13,15-16,18-19,21-22,24-26,29,36-37,43-47,52-53H,6-11,14,17,20,23,27-28,30-35,38-42H2,1-5H3/b13-12-,16-15-,19-18-,22-21-,25-24-,29-26-,37-36+/t43-,44+,45+,46+,47-/m0/s1. The minimum Gasteiger partial charge on any atom is -0.756 e. The number of ketones is 1. The number of carbonyl (C=O) groups is 3. The van der Waals surface area contributed by atoms with E-state index in [-0.39, 0.29) is 37.6 Å². The third-order valence-electron chi connectivity index (χ3n) is 10.3. The minimum atomic E-state index is -4.72. The van der Waals surface area contributed by atoms with Crippen molar-refractivity contribution in [1.29, 1.82) is 0 Å². The normalized spacial score (nSPS) is 19.6. The molecule has 2 N–H and O–H groups in total. The van der Waals surface area contributed by atoms with Gasteiger partial charge in [-0.05, 0) is 70.6 Å². The average molecular weight is 904 g/mol. The highest BCUT2D eigenvalue weighted by molar-refractivity contribution is 7.45. The number of rotatable bonds is 37. The summed E-state index contributed by atoms with van der Waals surface area (Å²) >= 11 is 0. The molecular formula is C50H82NO11P. The number of aliphatic hydroxyl groups is 2. The van der Waals surface area contributed by atoms with Crippen molar-refractivity contribution >= 4 is 25.5 Å². The van der Waals surface area contributed by atoms with Crippen LogP contribution in [0.5, 0.6) is 0 Å². The van der Waals surface area contributed by atoms with Crippen molar-refractivity contribution < 1.29 is 57.1 Å². The zero-order chi connectivity index (χ0) is 46.6. The van der Waals surface area contributed by atoms with Crippen LogP contribution in [0.3, 0.4) is 0 Å². The lowest BCUT2D eigenvalue weighted by atomic mass is 9.90. The number of quaternary nitrogens is 1. The molecule has 0 aromatic heterocycles. The Morgan fingerprint density at radius 3 is 1.95 bits per heavy atom. The van der Waals surface area contributed by atoms with Gasteiger partial charge in [-0.15, -0.1) is 0 Å². The lowest BCUT2D eigenvalue weighted by molar-refractivity contribution is -0.870. The Morgan fingerprint density at radius 1 is 0.762 bits per heavy atom. The van der Waals surface area contributed by atoms with Gasteiger partial charge in [0.25, 0.3) is 7.82 Å². The Labute approximate surface area is 380 Å². The molecule has 1 saturated carbocycles.